The molecule has 0 aliphatic carbocycles. The van der Waals surface area contributed by atoms with Gasteiger partial charge >= 0.3 is 0 Å². The highest BCUT2D eigenvalue weighted by atomic mass is 19.1. The van der Waals surface area contributed by atoms with E-state index in [1.165, 1.54) is 12.3 Å². The Kier molecular flexibility index (Phi) is 5.74. The SMILES string of the molecule is O=C(c1ccnc(C(=O)N2CCCCC2)c1)N1CCN(c2ccccc2F)CC1. The summed E-state index contributed by atoms with van der Waals surface area (Å²) in [4.78, 5) is 35.3. The molecule has 0 N–H and O–H groups in total. The molecule has 152 valence electrons. The molecule has 0 radical (unpaired) electrons. The number of halogens is 1. The van der Waals surface area contributed by atoms with Crippen molar-refractivity contribution in [2.24, 2.45) is 0 Å². The molecule has 2 aliphatic heterocycles. The van der Waals surface area contributed by atoms with Crippen molar-refractivity contribution in [2.75, 3.05) is 44.2 Å². The lowest BCUT2D eigenvalue weighted by Gasteiger charge is -2.36. The van der Waals surface area contributed by atoms with E-state index in [1.807, 2.05) is 15.9 Å². The number of anilines is 1. The second kappa shape index (κ2) is 8.59. The van der Waals surface area contributed by atoms with Gasteiger partial charge in [-0.05, 0) is 43.5 Å². The van der Waals surface area contributed by atoms with Crippen LogP contribution in [0.25, 0.3) is 0 Å². The van der Waals surface area contributed by atoms with Crippen molar-refractivity contribution in [1.82, 2.24) is 14.8 Å². The fraction of sp³-hybridized carbons (Fsp3) is 0.409. The number of piperazine rings is 1. The number of hydrogen-bond acceptors (Lipinski definition) is 4. The Labute approximate surface area is 169 Å². The number of hydrogen-bond donors (Lipinski definition) is 0. The maximum absolute atomic E-state index is 14.0. The van der Waals surface area contributed by atoms with Gasteiger partial charge in [-0.3, -0.25) is 14.6 Å². The number of carbonyl (C=O) groups is 2. The summed E-state index contributed by atoms with van der Waals surface area (Å²) < 4.78 is 14.0. The van der Waals surface area contributed by atoms with Crippen LogP contribution in [-0.4, -0.2) is 65.9 Å². The Morgan fingerprint density at radius 2 is 1.52 bits per heavy atom. The Bertz CT molecular complexity index is 890. The molecule has 1 aromatic carbocycles. The standard InChI is InChI=1S/C22H25FN4O2/c23-18-6-2-3-7-20(18)25-12-14-27(15-13-25)21(28)17-8-9-24-19(16-17)22(29)26-10-4-1-5-11-26/h2-3,6-9,16H,1,4-5,10-15H2. The van der Waals surface area contributed by atoms with Crippen molar-refractivity contribution < 1.29 is 14.0 Å². The molecule has 2 saturated heterocycles. The number of carbonyl (C=O) groups excluding carboxylic acids is 2. The van der Waals surface area contributed by atoms with Gasteiger partial charge in [-0.1, -0.05) is 12.1 Å². The summed E-state index contributed by atoms with van der Waals surface area (Å²) in [6.07, 6.45) is 4.70. The summed E-state index contributed by atoms with van der Waals surface area (Å²) in [5.41, 5.74) is 1.36. The Balaban J connectivity index is 1.41. The zero-order valence-corrected chi connectivity index (χ0v) is 16.4. The van der Waals surface area contributed by atoms with Crippen molar-refractivity contribution in [2.45, 2.75) is 19.3 Å². The van der Waals surface area contributed by atoms with Crippen LogP contribution in [0.15, 0.2) is 42.6 Å². The van der Waals surface area contributed by atoms with Crippen LogP contribution >= 0.6 is 0 Å². The van der Waals surface area contributed by atoms with Gasteiger partial charge in [0.25, 0.3) is 11.8 Å². The van der Waals surface area contributed by atoms with Crippen LogP contribution in [0.5, 0.6) is 0 Å². The Morgan fingerprint density at radius 3 is 2.24 bits per heavy atom. The molecule has 2 amide bonds. The second-order valence-corrected chi connectivity index (χ2v) is 7.51. The fourth-order valence-corrected chi connectivity index (χ4v) is 3.98. The molecule has 0 saturated carbocycles. The number of amides is 2. The predicted octanol–water partition coefficient (Wildman–Crippen LogP) is 2.81. The largest absolute Gasteiger partial charge is 0.366 e. The maximum atomic E-state index is 14.0. The van der Waals surface area contributed by atoms with Gasteiger partial charge in [-0.25, -0.2) is 4.39 Å². The van der Waals surface area contributed by atoms with Crippen molar-refractivity contribution >= 4 is 17.5 Å². The van der Waals surface area contributed by atoms with Crippen LogP contribution in [0.2, 0.25) is 0 Å². The number of pyridine rings is 1. The quantitative estimate of drug-likeness (QED) is 0.801. The normalized spacial score (nSPS) is 17.3. The van der Waals surface area contributed by atoms with Gasteiger partial charge in [-0.2, -0.15) is 0 Å². The molecule has 4 rings (SSSR count). The number of para-hydroxylation sites is 1. The van der Waals surface area contributed by atoms with Gasteiger partial charge in [0.2, 0.25) is 0 Å². The number of nitrogens with zero attached hydrogens (tertiary/aromatic N) is 4. The van der Waals surface area contributed by atoms with E-state index in [4.69, 9.17) is 0 Å². The van der Waals surface area contributed by atoms with E-state index >= 15 is 0 Å². The molecular formula is C22H25FN4O2. The lowest BCUT2D eigenvalue weighted by atomic mass is 10.1. The van der Waals surface area contributed by atoms with E-state index in [2.05, 4.69) is 4.98 Å². The van der Waals surface area contributed by atoms with Crippen LogP contribution in [-0.2, 0) is 0 Å². The first kappa shape index (κ1) is 19.4. The summed E-state index contributed by atoms with van der Waals surface area (Å²) >= 11 is 0. The van der Waals surface area contributed by atoms with Crippen LogP contribution in [0, 0.1) is 5.82 Å². The van der Waals surface area contributed by atoms with Crippen LogP contribution in [0.3, 0.4) is 0 Å². The van der Waals surface area contributed by atoms with Crippen LogP contribution in [0.1, 0.15) is 40.1 Å². The summed E-state index contributed by atoms with van der Waals surface area (Å²) in [5.74, 6) is -0.473. The first-order valence-corrected chi connectivity index (χ1v) is 10.2. The average Bonchev–Trinajstić information content (AvgIpc) is 2.79. The minimum Gasteiger partial charge on any atom is -0.366 e. The zero-order chi connectivity index (χ0) is 20.2. The zero-order valence-electron chi connectivity index (χ0n) is 16.4. The third-order valence-corrected chi connectivity index (χ3v) is 5.63. The van der Waals surface area contributed by atoms with E-state index in [-0.39, 0.29) is 17.6 Å². The van der Waals surface area contributed by atoms with E-state index in [1.54, 1.807) is 29.2 Å². The number of benzene rings is 1. The van der Waals surface area contributed by atoms with Gasteiger partial charge in [0.1, 0.15) is 11.5 Å². The van der Waals surface area contributed by atoms with E-state index in [9.17, 15) is 14.0 Å². The highest BCUT2D eigenvalue weighted by molar-refractivity contribution is 5.98. The molecule has 0 unspecified atom stereocenters. The van der Waals surface area contributed by atoms with Crippen molar-refractivity contribution in [3.8, 4) is 0 Å². The summed E-state index contributed by atoms with van der Waals surface area (Å²) in [6.45, 7) is 3.64. The highest BCUT2D eigenvalue weighted by Gasteiger charge is 2.25. The molecule has 6 nitrogen and oxygen atoms in total. The number of likely N-dealkylation sites (tertiary alicyclic amines) is 1. The topological polar surface area (TPSA) is 56.8 Å². The molecule has 0 bridgehead atoms. The molecule has 3 heterocycles. The molecule has 7 heteroatoms. The monoisotopic (exact) mass is 396 g/mol. The number of piperidine rings is 1. The lowest BCUT2D eigenvalue weighted by Crippen LogP contribution is -2.49. The molecule has 0 spiro atoms. The highest BCUT2D eigenvalue weighted by Crippen LogP contribution is 2.21. The van der Waals surface area contributed by atoms with Gasteiger partial charge in [-0.15, -0.1) is 0 Å². The van der Waals surface area contributed by atoms with Crippen molar-refractivity contribution in [3.63, 3.8) is 0 Å². The lowest BCUT2D eigenvalue weighted by molar-refractivity contribution is 0.0718. The molecule has 2 aromatic rings. The van der Waals surface area contributed by atoms with Gasteiger partial charge in [0.15, 0.2) is 0 Å². The summed E-state index contributed by atoms with van der Waals surface area (Å²) in [5, 5.41) is 0. The fourth-order valence-electron chi connectivity index (χ4n) is 3.98. The van der Waals surface area contributed by atoms with Crippen LogP contribution < -0.4 is 4.90 Å². The molecule has 29 heavy (non-hydrogen) atoms. The van der Waals surface area contributed by atoms with E-state index in [0.29, 0.717) is 43.1 Å². The summed E-state index contributed by atoms with van der Waals surface area (Å²) in [6, 6.07) is 9.94. The predicted molar refractivity (Wildman–Crippen MR) is 109 cm³/mol. The van der Waals surface area contributed by atoms with Crippen molar-refractivity contribution in [1.29, 1.82) is 0 Å². The van der Waals surface area contributed by atoms with Gasteiger partial charge in [0, 0.05) is 51.0 Å². The molecular weight excluding hydrogens is 371 g/mol. The smallest absolute Gasteiger partial charge is 0.272 e. The molecule has 1 aromatic heterocycles. The minimum atomic E-state index is -0.248. The third-order valence-electron chi connectivity index (χ3n) is 5.63. The second-order valence-electron chi connectivity index (χ2n) is 7.51. The first-order valence-electron chi connectivity index (χ1n) is 10.2. The average molecular weight is 396 g/mol. The number of rotatable bonds is 3. The Morgan fingerprint density at radius 1 is 0.828 bits per heavy atom. The minimum absolute atomic E-state index is 0.108. The van der Waals surface area contributed by atoms with E-state index < -0.39 is 0 Å². The number of aromatic nitrogens is 1. The molecule has 0 atom stereocenters. The van der Waals surface area contributed by atoms with E-state index in [0.717, 1.165) is 32.4 Å². The van der Waals surface area contributed by atoms with Crippen LogP contribution in [0.4, 0.5) is 10.1 Å². The first-order chi connectivity index (χ1) is 14.1. The van der Waals surface area contributed by atoms with Crippen molar-refractivity contribution in [3.05, 3.63) is 59.7 Å². The summed E-state index contributed by atoms with van der Waals surface area (Å²) in [7, 11) is 0. The van der Waals surface area contributed by atoms with Gasteiger partial charge < -0.3 is 14.7 Å². The van der Waals surface area contributed by atoms with Gasteiger partial charge in [0.05, 0.1) is 5.69 Å². The molecule has 2 aliphatic rings. The third kappa shape index (κ3) is 4.23. The Hall–Kier alpha value is -2.96. The maximum Gasteiger partial charge on any atom is 0.272 e. The molecule has 2 fully saturated rings.